The summed E-state index contributed by atoms with van der Waals surface area (Å²) in [5.74, 6) is -1.25. The first-order chi connectivity index (χ1) is 14.4. The zero-order valence-corrected chi connectivity index (χ0v) is 17.3. The van der Waals surface area contributed by atoms with E-state index in [0.717, 1.165) is 18.4 Å². The highest BCUT2D eigenvalue weighted by Gasteiger charge is 2.40. The van der Waals surface area contributed by atoms with Gasteiger partial charge >= 0.3 is 5.97 Å². The van der Waals surface area contributed by atoms with Gasteiger partial charge in [0, 0.05) is 36.0 Å². The van der Waals surface area contributed by atoms with Gasteiger partial charge in [0.25, 0.3) is 0 Å². The van der Waals surface area contributed by atoms with Crippen molar-refractivity contribution in [3.8, 4) is 0 Å². The van der Waals surface area contributed by atoms with Crippen molar-refractivity contribution in [1.82, 2.24) is 14.7 Å². The summed E-state index contributed by atoms with van der Waals surface area (Å²) in [7, 11) is 0. The Bertz CT molecular complexity index is 986. The number of hydrogen-bond donors (Lipinski definition) is 2. The number of aliphatic carboxylic acids is 1. The molecule has 158 valence electrons. The number of carboxylic acid groups (broad SMARTS) is 1. The van der Waals surface area contributed by atoms with Gasteiger partial charge in [0.2, 0.25) is 0 Å². The summed E-state index contributed by atoms with van der Waals surface area (Å²) in [6.45, 7) is 0.867. The lowest BCUT2D eigenvalue weighted by atomic mass is 9.93. The minimum absolute atomic E-state index is 0.00718. The minimum Gasteiger partial charge on any atom is -0.480 e. The summed E-state index contributed by atoms with van der Waals surface area (Å²) < 4.78 is 16.0. The van der Waals surface area contributed by atoms with Crippen molar-refractivity contribution in [2.75, 3.05) is 13.1 Å². The quantitative estimate of drug-likeness (QED) is 0.661. The van der Waals surface area contributed by atoms with E-state index in [1.54, 1.807) is 30.5 Å². The second-order valence-corrected chi connectivity index (χ2v) is 8.53. The molecular weight excluding hydrogens is 405 g/mol. The molecule has 0 spiro atoms. The highest BCUT2D eigenvalue weighted by Crippen LogP contribution is 2.39. The maximum Gasteiger partial charge on any atom is 0.325 e. The van der Waals surface area contributed by atoms with Crippen molar-refractivity contribution in [2.24, 2.45) is 5.92 Å². The second-order valence-electron chi connectivity index (χ2n) is 7.90. The first-order valence-electron chi connectivity index (χ1n) is 10.1. The van der Waals surface area contributed by atoms with Crippen molar-refractivity contribution in [3.05, 3.63) is 59.2 Å². The molecule has 30 heavy (non-hydrogen) atoms. The van der Waals surface area contributed by atoms with E-state index in [-0.39, 0.29) is 29.3 Å². The van der Waals surface area contributed by atoms with Crippen LogP contribution in [0.5, 0.6) is 0 Å². The number of rotatable bonds is 7. The van der Waals surface area contributed by atoms with Crippen molar-refractivity contribution < 1.29 is 19.1 Å². The summed E-state index contributed by atoms with van der Waals surface area (Å²) in [4.78, 5) is 26.2. The standard InChI is InChI=1S/C22H24FN3O3S/c23-18-4-2-1-3-17(18)21(22(29)14-5-6-14)25-10-8-19(30)15(12-25)11-16-7-9-24-26(16)13-20(27)28/h1-4,7,9,11,14,19,21,30H,5-6,8,10,12-13H2,(H,27,28). The van der Waals surface area contributed by atoms with Gasteiger partial charge in [-0.1, -0.05) is 18.2 Å². The van der Waals surface area contributed by atoms with Crippen LogP contribution in [0.15, 0.2) is 42.1 Å². The number of piperidine rings is 1. The molecule has 2 heterocycles. The number of carboxylic acids is 1. The van der Waals surface area contributed by atoms with Crippen LogP contribution >= 0.6 is 12.6 Å². The molecule has 8 heteroatoms. The third kappa shape index (κ3) is 4.49. The Hall–Kier alpha value is -2.45. The summed E-state index contributed by atoms with van der Waals surface area (Å²) >= 11 is 4.69. The van der Waals surface area contributed by atoms with Crippen LogP contribution < -0.4 is 0 Å². The lowest BCUT2D eigenvalue weighted by Gasteiger charge is -2.37. The third-order valence-corrected chi connectivity index (χ3v) is 6.28. The van der Waals surface area contributed by atoms with Crippen LogP contribution in [-0.2, 0) is 16.1 Å². The molecule has 1 N–H and O–H groups in total. The van der Waals surface area contributed by atoms with Crippen LogP contribution in [0.1, 0.15) is 36.6 Å². The van der Waals surface area contributed by atoms with Gasteiger partial charge in [-0.15, -0.1) is 0 Å². The molecule has 6 nitrogen and oxygen atoms in total. The lowest BCUT2D eigenvalue weighted by molar-refractivity contribution is -0.138. The molecular formula is C22H24FN3O3S. The van der Waals surface area contributed by atoms with Crippen molar-refractivity contribution in [2.45, 2.75) is 37.1 Å². The Balaban J connectivity index is 1.64. The van der Waals surface area contributed by atoms with E-state index in [0.29, 0.717) is 30.8 Å². The van der Waals surface area contributed by atoms with Gasteiger partial charge in [-0.25, -0.2) is 4.39 Å². The van der Waals surface area contributed by atoms with Gasteiger partial charge in [0.15, 0.2) is 5.78 Å². The number of carbonyl (C=O) groups excluding carboxylic acids is 1. The van der Waals surface area contributed by atoms with E-state index >= 15 is 0 Å². The van der Waals surface area contributed by atoms with E-state index in [1.807, 2.05) is 11.0 Å². The molecule has 2 aromatic rings. The van der Waals surface area contributed by atoms with Crippen LogP contribution in [-0.4, -0.2) is 49.9 Å². The maximum absolute atomic E-state index is 14.6. The average molecular weight is 430 g/mol. The Morgan fingerprint density at radius 1 is 1.27 bits per heavy atom. The Labute approximate surface area is 179 Å². The topological polar surface area (TPSA) is 75.4 Å². The van der Waals surface area contributed by atoms with Gasteiger partial charge in [0.1, 0.15) is 12.4 Å². The fourth-order valence-electron chi connectivity index (χ4n) is 3.99. The van der Waals surface area contributed by atoms with Crippen LogP contribution in [0.4, 0.5) is 4.39 Å². The van der Waals surface area contributed by atoms with Gasteiger partial charge in [-0.3, -0.25) is 19.2 Å². The summed E-state index contributed by atoms with van der Waals surface area (Å²) in [6.07, 6.45) is 5.89. The van der Waals surface area contributed by atoms with Gasteiger partial charge in [0.05, 0.1) is 11.7 Å². The average Bonchev–Trinajstić information content (AvgIpc) is 3.48. The van der Waals surface area contributed by atoms with E-state index in [2.05, 4.69) is 5.10 Å². The lowest BCUT2D eigenvalue weighted by Crippen LogP contribution is -2.42. The first kappa shape index (κ1) is 20.8. The molecule has 1 saturated carbocycles. The number of Topliss-reactive ketones (excluding diaryl/α,β-unsaturated/α-hetero) is 1. The number of hydrogen-bond acceptors (Lipinski definition) is 5. The normalized spacial score (nSPS) is 22.2. The van der Waals surface area contributed by atoms with Gasteiger partial charge < -0.3 is 5.11 Å². The molecule has 1 aromatic heterocycles. The monoisotopic (exact) mass is 429 g/mol. The van der Waals surface area contributed by atoms with Crippen molar-refractivity contribution in [3.63, 3.8) is 0 Å². The van der Waals surface area contributed by atoms with E-state index < -0.39 is 12.0 Å². The summed E-state index contributed by atoms with van der Waals surface area (Å²) in [5.41, 5.74) is 2.05. The SMILES string of the molecule is O=C(O)Cn1nccc1C=C1CN(C(C(=O)C2CC2)c2ccccc2F)CCC1S. The molecule has 4 rings (SSSR count). The summed E-state index contributed by atoms with van der Waals surface area (Å²) in [5, 5.41) is 13.1. The molecule has 0 radical (unpaired) electrons. The molecule has 0 amide bonds. The second kappa shape index (κ2) is 8.73. The molecule has 1 aliphatic heterocycles. The molecule has 2 fully saturated rings. The molecule has 0 bridgehead atoms. The first-order valence-corrected chi connectivity index (χ1v) is 10.6. The Morgan fingerprint density at radius 2 is 2.03 bits per heavy atom. The molecule has 2 aliphatic rings. The molecule has 1 aromatic carbocycles. The fourth-order valence-corrected chi connectivity index (χ4v) is 4.26. The number of thiol groups is 1. The number of aromatic nitrogens is 2. The number of benzene rings is 1. The zero-order valence-electron chi connectivity index (χ0n) is 16.4. The van der Waals surface area contributed by atoms with Gasteiger partial charge in [-0.2, -0.15) is 17.7 Å². The predicted molar refractivity (Wildman–Crippen MR) is 114 cm³/mol. The van der Waals surface area contributed by atoms with Crippen molar-refractivity contribution >= 4 is 30.5 Å². The van der Waals surface area contributed by atoms with Crippen LogP contribution in [0, 0.1) is 11.7 Å². The van der Waals surface area contributed by atoms with E-state index in [4.69, 9.17) is 17.7 Å². The Morgan fingerprint density at radius 3 is 2.73 bits per heavy atom. The molecule has 2 atom stereocenters. The van der Waals surface area contributed by atoms with Crippen LogP contribution in [0.3, 0.4) is 0 Å². The molecule has 1 aliphatic carbocycles. The highest BCUT2D eigenvalue weighted by molar-refractivity contribution is 7.81. The number of carbonyl (C=O) groups is 2. The van der Waals surface area contributed by atoms with Crippen LogP contribution in [0.25, 0.3) is 6.08 Å². The highest BCUT2D eigenvalue weighted by atomic mass is 32.1. The largest absolute Gasteiger partial charge is 0.480 e. The molecule has 2 unspecified atom stereocenters. The Kier molecular flexibility index (Phi) is 6.06. The third-order valence-electron chi connectivity index (χ3n) is 5.69. The number of ketones is 1. The predicted octanol–water partition coefficient (Wildman–Crippen LogP) is 3.21. The van der Waals surface area contributed by atoms with E-state index in [9.17, 15) is 14.0 Å². The van der Waals surface area contributed by atoms with E-state index in [1.165, 1.54) is 10.7 Å². The maximum atomic E-state index is 14.6. The van der Waals surface area contributed by atoms with Crippen LogP contribution in [0.2, 0.25) is 0 Å². The zero-order chi connectivity index (χ0) is 21.3. The van der Waals surface area contributed by atoms with Crippen molar-refractivity contribution in [1.29, 1.82) is 0 Å². The minimum atomic E-state index is -0.972. The smallest absolute Gasteiger partial charge is 0.325 e. The fraction of sp³-hybridized carbons (Fsp3) is 0.409. The number of halogens is 1. The van der Waals surface area contributed by atoms with Gasteiger partial charge in [-0.05, 0) is 43.0 Å². The number of likely N-dealkylation sites (tertiary alicyclic amines) is 1. The summed E-state index contributed by atoms with van der Waals surface area (Å²) in [6, 6.07) is 7.61. The molecule has 1 saturated heterocycles. The number of nitrogens with zero attached hydrogens (tertiary/aromatic N) is 3.